The van der Waals surface area contributed by atoms with Gasteiger partial charge in [-0.05, 0) is 13.0 Å². The average Bonchev–Trinajstić information content (AvgIpc) is 2.61. The molecule has 0 amide bonds. The second-order valence-corrected chi connectivity index (χ2v) is 5.88. The first-order valence-corrected chi connectivity index (χ1v) is 8.18. The minimum Gasteiger partial charge on any atom is -0.493 e. The first kappa shape index (κ1) is 16.9. The monoisotopic (exact) mass is 334 g/mol. The van der Waals surface area contributed by atoms with E-state index in [1.54, 1.807) is 20.2 Å². The summed E-state index contributed by atoms with van der Waals surface area (Å²) in [7, 11) is 1.62. The van der Waals surface area contributed by atoms with Gasteiger partial charge in [0.1, 0.15) is 12.9 Å². The molecule has 0 N–H and O–H groups in total. The largest absolute Gasteiger partial charge is 0.493 e. The Morgan fingerprint density at radius 2 is 2.00 bits per heavy atom. The van der Waals surface area contributed by atoms with Gasteiger partial charge in [-0.3, -0.25) is 9.80 Å². The minimum absolute atomic E-state index is 0.554. The van der Waals surface area contributed by atoms with Crippen LogP contribution in [0.5, 0.6) is 11.5 Å². The highest BCUT2D eigenvalue weighted by Gasteiger charge is 2.20. The first-order valence-electron chi connectivity index (χ1n) is 8.18. The maximum atomic E-state index is 13.3. The van der Waals surface area contributed by atoms with Gasteiger partial charge in [0, 0.05) is 50.4 Å². The molecule has 0 bridgehead atoms. The normalized spacial score (nSPS) is 17.8. The molecule has 1 fully saturated rings. The van der Waals surface area contributed by atoms with Crippen LogP contribution in [0.2, 0.25) is 0 Å². The lowest BCUT2D eigenvalue weighted by atomic mass is 10.2. The van der Waals surface area contributed by atoms with Crippen LogP contribution in [0.4, 0.5) is 4.39 Å². The average molecular weight is 334 g/mol. The number of methoxy groups -OCH3 is 1. The number of alkyl halides is 1. The van der Waals surface area contributed by atoms with Gasteiger partial charge in [0.2, 0.25) is 0 Å². The first-order chi connectivity index (χ1) is 11.7. The van der Waals surface area contributed by atoms with E-state index in [-0.39, 0.29) is 0 Å². The van der Waals surface area contributed by atoms with Gasteiger partial charge in [0.15, 0.2) is 17.8 Å². The second-order valence-electron chi connectivity index (χ2n) is 5.88. The van der Waals surface area contributed by atoms with Crippen molar-refractivity contribution in [3.05, 3.63) is 24.7 Å². The Morgan fingerprint density at radius 1 is 1.21 bits per heavy atom. The third-order valence-electron chi connectivity index (χ3n) is 4.37. The Morgan fingerprint density at radius 3 is 2.71 bits per heavy atom. The zero-order valence-electron chi connectivity index (χ0n) is 14.1. The zero-order chi connectivity index (χ0) is 16.9. The fraction of sp³-hybridized carbons (Fsp3) is 0.529. The maximum Gasteiger partial charge on any atom is 0.163 e. The summed E-state index contributed by atoms with van der Waals surface area (Å²) in [5, 5.41) is 0.915. The molecule has 1 aromatic carbocycles. The van der Waals surface area contributed by atoms with E-state index in [2.05, 4.69) is 14.9 Å². The maximum absolute atomic E-state index is 13.3. The molecule has 0 saturated carbocycles. The van der Waals surface area contributed by atoms with Crippen molar-refractivity contribution in [2.75, 3.05) is 46.4 Å². The van der Waals surface area contributed by atoms with Crippen LogP contribution in [0.3, 0.4) is 0 Å². The fourth-order valence-electron chi connectivity index (χ4n) is 2.89. The van der Waals surface area contributed by atoms with E-state index >= 15 is 0 Å². The van der Waals surface area contributed by atoms with E-state index in [1.807, 2.05) is 17.0 Å². The van der Waals surface area contributed by atoms with Gasteiger partial charge >= 0.3 is 0 Å². The van der Waals surface area contributed by atoms with Crippen LogP contribution < -0.4 is 9.47 Å². The summed E-state index contributed by atoms with van der Waals surface area (Å²) in [6.45, 7) is 6.19. The molecule has 6 nitrogen and oxygen atoms in total. The van der Waals surface area contributed by atoms with Crippen molar-refractivity contribution >= 4 is 10.9 Å². The summed E-state index contributed by atoms with van der Waals surface area (Å²) in [5.41, 5.74) is 0.825. The predicted molar refractivity (Wildman–Crippen MR) is 90.2 cm³/mol. The number of aromatic nitrogens is 2. The molecule has 0 radical (unpaired) electrons. The van der Waals surface area contributed by atoms with Crippen molar-refractivity contribution in [1.82, 2.24) is 19.8 Å². The minimum atomic E-state index is -0.868. The third-order valence-corrected chi connectivity index (χ3v) is 4.37. The molecule has 2 heterocycles. The molecular weight excluding hydrogens is 311 g/mol. The molecule has 2 aromatic rings. The van der Waals surface area contributed by atoms with Crippen LogP contribution in [0.15, 0.2) is 24.7 Å². The lowest BCUT2D eigenvalue weighted by Gasteiger charge is -2.35. The number of nitrogens with zero attached hydrogens (tertiary/aromatic N) is 4. The summed E-state index contributed by atoms with van der Waals surface area (Å²) in [4.78, 5) is 12.4. The zero-order valence-corrected chi connectivity index (χ0v) is 14.1. The molecule has 3 rings (SSSR count). The Bertz CT molecular complexity index is 675. The molecule has 1 saturated heterocycles. The number of hydrogen-bond acceptors (Lipinski definition) is 6. The Hall–Kier alpha value is -1.99. The molecule has 24 heavy (non-hydrogen) atoms. The van der Waals surface area contributed by atoms with E-state index in [9.17, 15) is 4.39 Å². The SMILES string of the molecule is COc1cc2cncnc2cc1OCCN1CCN(C(C)F)CC1. The highest BCUT2D eigenvalue weighted by molar-refractivity contribution is 5.81. The highest BCUT2D eigenvalue weighted by atomic mass is 19.1. The number of benzene rings is 1. The van der Waals surface area contributed by atoms with E-state index < -0.39 is 6.30 Å². The van der Waals surface area contributed by atoms with Crippen LogP contribution in [0.1, 0.15) is 6.92 Å². The smallest absolute Gasteiger partial charge is 0.163 e. The van der Waals surface area contributed by atoms with E-state index in [0.29, 0.717) is 18.1 Å². The second kappa shape index (κ2) is 7.72. The molecular formula is C17H23FN4O2. The number of halogens is 1. The summed E-state index contributed by atoms with van der Waals surface area (Å²) >= 11 is 0. The van der Waals surface area contributed by atoms with E-state index in [4.69, 9.17) is 9.47 Å². The molecule has 0 spiro atoms. The molecule has 1 aliphatic heterocycles. The number of hydrogen-bond donors (Lipinski definition) is 0. The lowest BCUT2D eigenvalue weighted by Crippen LogP contribution is -2.49. The predicted octanol–water partition coefficient (Wildman–Crippen LogP) is 1.95. The Labute approximate surface area is 141 Å². The van der Waals surface area contributed by atoms with Crippen molar-refractivity contribution in [2.24, 2.45) is 0 Å². The number of piperazine rings is 1. The Kier molecular flexibility index (Phi) is 5.42. The van der Waals surface area contributed by atoms with Crippen LogP contribution in [-0.4, -0.2) is 72.5 Å². The van der Waals surface area contributed by atoms with Crippen LogP contribution in [0, 0.1) is 0 Å². The summed E-state index contributed by atoms with van der Waals surface area (Å²) < 4.78 is 24.5. The van der Waals surface area contributed by atoms with Gasteiger partial charge < -0.3 is 9.47 Å². The fourth-order valence-corrected chi connectivity index (χ4v) is 2.89. The topological polar surface area (TPSA) is 50.7 Å². The number of rotatable bonds is 6. The molecule has 1 unspecified atom stereocenters. The molecule has 1 atom stereocenters. The Balaban J connectivity index is 1.56. The van der Waals surface area contributed by atoms with Crippen molar-refractivity contribution in [2.45, 2.75) is 13.2 Å². The lowest BCUT2D eigenvalue weighted by molar-refractivity contribution is 0.0384. The third kappa shape index (κ3) is 3.91. The van der Waals surface area contributed by atoms with Crippen LogP contribution in [-0.2, 0) is 0 Å². The van der Waals surface area contributed by atoms with Gasteiger partial charge in [-0.2, -0.15) is 0 Å². The molecule has 7 heteroatoms. The van der Waals surface area contributed by atoms with E-state index in [0.717, 1.165) is 43.6 Å². The highest BCUT2D eigenvalue weighted by Crippen LogP contribution is 2.31. The van der Waals surface area contributed by atoms with Crippen molar-refractivity contribution in [3.63, 3.8) is 0 Å². The van der Waals surface area contributed by atoms with Crippen LogP contribution in [0.25, 0.3) is 10.9 Å². The summed E-state index contributed by atoms with van der Waals surface area (Å²) in [6.07, 6.45) is 2.40. The van der Waals surface area contributed by atoms with Gasteiger partial charge in [0.25, 0.3) is 0 Å². The van der Waals surface area contributed by atoms with Crippen LogP contribution >= 0.6 is 0 Å². The van der Waals surface area contributed by atoms with Gasteiger partial charge in [0.05, 0.1) is 12.6 Å². The summed E-state index contributed by atoms with van der Waals surface area (Å²) in [5.74, 6) is 1.35. The van der Waals surface area contributed by atoms with E-state index in [1.165, 1.54) is 6.33 Å². The van der Waals surface area contributed by atoms with Crippen molar-refractivity contribution < 1.29 is 13.9 Å². The quantitative estimate of drug-likeness (QED) is 0.753. The van der Waals surface area contributed by atoms with Gasteiger partial charge in [-0.25, -0.2) is 14.4 Å². The van der Waals surface area contributed by atoms with Gasteiger partial charge in [-0.15, -0.1) is 0 Å². The standard InChI is InChI=1S/C17H23FN4O2/c1-13(18)22-5-3-21(4-6-22)7-8-24-17-10-15-14(9-16(17)23-2)11-19-12-20-15/h9-13H,3-8H2,1-2H3. The molecule has 0 aliphatic carbocycles. The van der Waals surface area contributed by atoms with Crippen molar-refractivity contribution in [1.29, 1.82) is 0 Å². The summed E-state index contributed by atoms with van der Waals surface area (Å²) in [6, 6.07) is 3.75. The number of fused-ring (bicyclic) bond motifs is 1. The molecule has 1 aromatic heterocycles. The van der Waals surface area contributed by atoms with Crippen molar-refractivity contribution in [3.8, 4) is 11.5 Å². The molecule has 1 aliphatic rings. The number of ether oxygens (including phenoxy) is 2. The molecule has 130 valence electrons. The van der Waals surface area contributed by atoms with Gasteiger partial charge in [-0.1, -0.05) is 0 Å².